The van der Waals surface area contributed by atoms with Crippen molar-refractivity contribution in [2.24, 2.45) is 0 Å². The van der Waals surface area contributed by atoms with E-state index < -0.39 is 30.6 Å². The molecule has 0 aliphatic carbocycles. The fourth-order valence-corrected chi connectivity index (χ4v) is 2.47. The average molecular weight is 341 g/mol. The van der Waals surface area contributed by atoms with Crippen molar-refractivity contribution in [1.29, 1.82) is 0 Å². The molecule has 0 aromatic rings. The first kappa shape index (κ1) is 20.5. The largest absolute Gasteiger partial charge is 0.375 e. The van der Waals surface area contributed by atoms with Gasteiger partial charge in [-0.2, -0.15) is 0 Å². The SMILES string of the molecule is C=CCOC[C@H]1OC(O)[C@H](NC(C)=O)[C@@H](OCC=C)[C@@H]1OCC=C. The van der Waals surface area contributed by atoms with Gasteiger partial charge in [0.15, 0.2) is 6.29 Å². The molecule has 0 radical (unpaired) electrons. The van der Waals surface area contributed by atoms with Crippen molar-refractivity contribution in [2.75, 3.05) is 26.4 Å². The molecule has 1 saturated heterocycles. The summed E-state index contributed by atoms with van der Waals surface area (Å²) in [6.07, 6.45) is 1.79. The lowest BCUT2D eigenvalue weighted by Gasteiger charge is -2.44. The van der Waals surface area contributed by atoms with Crippen LogP contribution in [0, 0.1) is 0 Å². The molecule has 1 aliphatic heterocycles. The fraction of sp³-hybridized carbons (Fsp3) is 0.588. The molecule has 1 fully saturated rings. The lowest BCUT2D eigenvalue weighted by Crippen LogP contribution is -2.65. The molecule has 24 heavy (non-hydrogen) atoms. The Balaban J connectivity index is 2.96. The number of carbonyl (C=O) groups excluding carboxylic acids is 1. The summed E-state index contributed by atoms with van der Waals surface area (Å²) >= 11 is 0. The highest BCUT2D eigenvalue weighted by Crippen LogP contribution is 2.25. The summed E-state index contributed by atoms with van der Waals surface area (Å²) < 4.78 is 22.5. The first-order valence-electron chi connectivity index (χ1n) is 7.79. The highest BCUT2D eigenvalue weighted by Gasteiger charge is 2.47. The maximum Gasteiger partial charge on any atom is 0.217 e. The van der Waals surface area contributed by atoms with Crippen molar-refractivity contribution in [2.45, 2.75) is 37.6 Å². The van der Waals surface area contributed by atoms with Crippen LogP contribution in [0.25, 0.3) is 0 Å². The molecule has 136 valence electrons. The maximum atomic E-state index is 11.4. The molecule has 7 heteroatoms. The molecule has 7 nitrogen and oxygen atoms in total. The van der Waals surface area contributed by atoms with E-state index in [0.717, 1.165) is 0 Å². The van der Waals surface area contributed by atoms with Gasteiger partial charge in [0.25, 0.3) is 0 Å². The van der Waals surface area contributed by atoms with Crippen molar-refractivity contribution in [3.05, 3.63) is 38.0 Å². The number of hydrogen-bond acceptors (Lipinski definition) is 6. The molecule has 5 atom stereocenters. The maximum absolute atomic E-state index is 11.4. The van der Waals surface area contributed by atoms with Gasteiger partial charge in [0.1, 0.15) is 24.4 Å². The molecule has 1 rings (SSSR count). The van der Waals surface area contributed by atoms with Gasteiger partial charge in [-0.15, -0.1) is 19.7 Å². The van der Waals surface area contributed by atoms with Crippen molar-refractivity contribution in [3.8, 4) is 0 Å². The zero-order chi connectivity index (χ0) is 17.9. The molecule has 1 amide bonds. The molecule has 1 aliphatic rings. The Kier molecular flexibility index (Phi) is 9.51. The van der Waals surface area contributed by atoms with Crippen molar-refractivity contribution < 1.29 is 28.8 Å². The van der Waals surface area contributed by atoms with E-state index in [4.69, 9.17) is 18.9 Å². The van der Waals surface area contributed by atoms with Gasteiger partial charge in [-0.05, 0) is 0 Å². The summed E-state index contributed by atoms with van der Waals surface area (Å²) in [5.41, 5.74) is 0. The second kappa shape index (κ2) is 11.1. The van der Waals surface area contributed by atoms with Crippen LogP contribution < -0.4 is 5.32 Å². The topological polar surface area (TPSA) is 86.2 Å². The molecule has 1 unspecified atom stereocenters. The molecular formula is C17H27NO6. The minimum Gasteiger partial charge on any atom is -0.375 e. The Morgan fingerprint density at radius 1 is 1.12 bits per heavy atom. The van der Waals surface area contributed by atoms with Gasteiger partial charge in [0, 0.05) is 6.92 Å². The van der Waals surface area contributed by atoms with E-state index in [0.29, 0.717) is 6.61 Å². The smallest absolute Gasteiger partial charge is 0.217 e. The van der Waals surface area contributed by atoms with E-state index in [2.05, 4.69) is 25.1 Å². The third-order valence-electron chi connectivity index (χ3n) is 3.37. The fourth-order valence-electron chi connectivity index (χ4n) is 2.47. The first-order valence-corrected chi connectivity index (χ1v) is 7.79. The van der Waals surface area contributed by atoms with E-state index >= 15 is 0 Å². The van der Waals surface area contributed by atoms with Crippen molar-refractivity contribution in [3.63, 3.8) is 0 Å². The number of carbonyl (C=O) groups is 1. The number of amides is 1. The van der Waals surface area contributed by atoms with Crippen molar-refractivity contribution >= 4 is 5.91 Å². The average Bonchev–Trinajstić information content (AvgIpc) is 2.54. The van der Waals surface area contributed by atoms with Gasteiger partial charge in [-0.1, -0.05) is 18.2 Å². The van der Waals surface area contributed by atoms with Crippen LogP contribution in [0.2, 0.25) is 0 Å². The van der Waals surface area contributed by atoms with Gasteiger partial charge in [-0.3, -0.25) is 4.79 Å². The Labute approximate surface area is 142 Å². The van der Waals surface area contributed by atoms with Crippen LogP contribution in [0.1, 0.15) is 6.92 Å². The Hall–Kier alpha value is -1.51. The van der Waals surface area contributed by atoms with Gasteiger partial charge in [-0.25, -0.2) is 0 Å². The minimum absolute atomic E-state index is 0.186. The van der Waals surface area contributed by atoms with Crippen LogP contribution in [0.5, 0.6) is 0 Å². The summed E-state index contributed by atoms with van der Waals surface area (Å²) in [5, 5.41) is 12.9. The molecule has 2 N–H and O–H groups in total. The molecule has 0 aromatic heterocycles. The van der Waals surface area contributed by atoms with Crippen LogP contribution in [-0.4, -0.2) is 68.1 Å². The molecular weight excluding hydrogens is 314 g/mol. The zero-order valence-electron chi connectivity index (χ0n) is 14.1. The van der Waals surface area contributed by atoms with Gasteiger partial charge in [0.05, 0.1) is 26.4 Å². The third-order valence-corrected chi connectivity index (χ3v) is 3.37. The normalized spacial score (nSPS) is 29.7. The lowest BCUT2D eigenvalue weighted by atomic mass is 9.96. The lowest BCUT2D eigenvalue weighted by molar-refractivity contribution is -0.270. The molecule has 0 bridgehead atoms. The van der Waals surface area contributed by atoms with Crippen LogP contribution in [-0.2, 0) is 23.7 Å². The van der Waals surface area contributed by atoms with Crippen LogP contribution >= 0.6 is 0 Å². The number of aliphatic hydroxyl groups is 1. The van der Waals surface area contributed by atoms with Crippen LogP contribution in [0.4, 0.5) is 0 Å². The first-order chi connectivity index (χ1) is 11.5. The van der Waals surface area contributed by atoms with Gasteiger partial charge < -0.3 is 29.4 Å². The second-order valence-corrected chi connectivity index (χ2v) is 5.29. The highest BCUT2D eigenvalue weighted by molar-refractivity contribution is 5.73. The van der Waals surface area contributed by atoms with E-state index in [1.54, 1.807) is 18.2 Å². The summed E-state index contributed by atoms with van der Waals surface area (Å²) in [5.74, 6) is -0.307. The second-order valence-electron chi connectivity index (χ2n) is 5.29. The van der Waals surface area contributed by atoms with Crippen molar-refractivity contribution in [1.82, 2.24) is 5.32 Å². The summed E-state index contributed by atoms with van der Waals surface area (Å²) in [6, 6.07) is -0.770. The predicted octanol–water partition coefficient (Wildman–Crippen LogP) is 0.553. The molecule has 0 spiro atoms. The van der Waals surface area contributed by atoms with Gasteiger partial charge >= 0.3 is 0 Å². The summed E-state index contributed by atoms with van der Waals surface area (Å²) in [4.78, 5) is 11.4. The van der Waals surface area contributed by atoms with E-state index in [1.807, 2.05) is 0 Å². The Bertz CT molecular complexity index is 427. The van der Waals surface area contributed by atoms with Crippen LogP contribution in [0.15, 0.2) is 38.0 Å². The third kappa shape index (κ3) is 6.18. The minimum atomic E-state index is -1.25. The Morgan fingerprint density at radius 3 is 2.25 bits per heavy atom. The van der Waals surface area contributed by atoms with E-state index in [9.17, 15) is 9.90 Å². The number of rotatable bonds is 11. The molecule has 0 aromatic carbocycles. The van der Waals surface area contributed by atoms with Gasteiger partial charge in [0.2, 0.25) is 5.91 Å². The monoisotopic (exact) mass is 341 g/mol. The standard InChI is InChI=1S/C17H27NO6/c1-5-8-21-11-13-15(22-9-6-2)16(23-10-7-3)14(17(20)24-13)18-12(4)19/h5-7,13-17,20H,1-3,8-11H2,4H3,(H,18,19)/t13-,14-,15-,16-,17?/m1/s1. The highest BCUT2D eigenvalue weighted by atomic mass is 16.7. The summed E-state index contributed by atoms with van der Waals surface area (Å²) in [7, 11) is 0. The van der Waals surface area contributed by atoms with E-state index in [1.165, 1.54) is 6.92 Å². The Morgan fingerprint density at radius 2 is 1.71 bits per heavy atom. The number of hydrogen-bond donors (Lipinski definition) is 2. The van der Waals surface area contributed by atoms with E-state index in [-0.39, 0.29) is 25.7 Å². The van der Waals surface area contributed by atoms with Crippen LogP contribution in [0.3, 0.4) is 0 Å². The number of aliphatic hydroxyl groups excluding tert-OH is 1. The molecule has 1 heterocycles. The molecule has 0 saturated carbocycles. The number of nitrogens with one attached hydrogen (secondary N) is 1. The predicted molar refractivity (Wildman–Crippen MR) is 89.4 cm³/mol. The quantitative estimate of drug-likeness (QED) is 0.422. The summed E-state index contributed by atoms with van der Waals surface area (Å²) in [6.45, 7) is 13.2. The number of ether oxygens (including phenoxy) is 4. The zero-order valence-corrected chi connectivity index (χ0v) is 14.1.